The summed E-state index contributed by atoms with van der Waals surface area (Å²) in [4.78, 5) is 26.5. The van der Waals surface area contributed by atoms with Crippen molar-refractivity contribution in [2.45, 2.75) is 24.8 Å². The van der Waals surface area contributed by atoms with Crippen molar-refractivity contribution < 1.29 is 23.7 Å². The molecule has 10 heteroatoms. The van der Waals surface area contributed by atoms with Crippen molar-refractivity contribution in [3.8, 4) is 11.1 Å². The van der Waals surface area contributed by atoms with Crippen LogP contribution in [0.3, 0.4) is 0 Å². The number of carbonyl (C=O) groups is 1. The Labute approximate surface area is 199 Å². The van der Waals surface area contributed by atoms with Crippen LogP contribution in [0.25, 0.3) is 21.9 Å². The van der Waals surface area contributed by atoms with Crippen LogP contribution in [-0.4, -0.2) is 61.6 Å². The maximum absolute atomic E-state index is 14.8. The lowest BCUT2D eigenvalue weighted by Crippen LogP contribution is -2.36. The van der Waals surface area contributed by atoms with Crippen LogP contribution in [0.1, 0.15) is 12.0 Å². The normalized spacial score (nSPS) is 13.2. The maximum atomic E-state index is 14.8. The van der Waals surface area contributed by atoms with Gasteiger partial charge in [-0.2, -0.15) is 0 Å². The van der Waals surface area contributed by atoms with Crippen LogP contribution in [0.15, 0.2) is 53.5 Å². The Morgan fingerprint density at radius 3 is 2.65 bits per heavy atom. The molecule has 3 N–H and O–H groups in total. The number of aliphatic hydroxyl groups is 1. The van der Waals surface area contributed by atoms with Crippen molar-refractivity contribution in [2.24, 2.45) is 0 Å². The van der Waals surface area contributed by atoms with Gasteiger partial charge < -0.3 is 9.67 Å². The minimum absolute atomic E-state index is 0.0343. The standard InChI is InChI=1S/C24H28FN3O5S/c1-27(11-12-29)15-16-3-5-19(21(25)13-16)17-4-6-20-18(14-17)7-9-28(24(20)31)10-8-22(34(2)33)23(30)26-32/h3-7,9,13-14,22,29,32H,8,10-12,15H2,1-2H3,(H,26,30). The van der Waals surface area contributed by atoms with Crippen molar-refractivity contribution in [1.82, 2.24) is 14.9 Å². The summed E-state index contributed by atoms with van der Waals surface area (Å²) in [5, 5.41) is 18.0. The second-order valence-electron chi connectivity index (χ2n) is 8.14. The van der Waals surface area contributed by atoms with Crippen molar-refractivity contribution in [3.05, 3.63) is 70.4 Å². The van der Waals surface area contributed by atoms with Crippen LogP contribution >= 0.6 is 0 Å². The Hall–Kier alpha value is -2.92. The van der Waals surface area contributed by atoms with Gasteiger partial charge in [0.15, 0.2) is 0 Å². The van der Waals surface area contributed by atoms with Gasteiger partial charge in [0, 0.05) is 53.8 Å². The monoisotopic (exact) mass is 489 g/mol. The van der Waals surface area contributed by atoms with E-state index in [0.717, 1.165) is 5.56 Å². The molecule has 0 aliphatic rings. The van der Waals surface area contributed by atoms with Gasteiger partial charge in [0.25, 0.3) is 11.5 Å². The number of hydroxylamine groups is 1. The summed E-state index contributed by atoms with van der Waals surface area (Å²) in [6, 6.07) is 11.8. The van der Waals surface area contributed by atoms with Gasteiger partial charge in [-0.05, 0) is 54.2 Å². The number of amides is 1. The third kappa shape index (κ3) is 5.95. The second kappa shape index (κ2) is 11.5. The number of aromatic nitrogens is 1. The molecule has 0 saturated heterocycles. The quantitative estimate of drug-likeness (QED) is 0.296. The van der Waals surface area contributed by atoms with Gasteiger partial charge in [0.05, 0.1) is 6.61 Å². The number of halogens is 1. The van der Waals surface area contributed by atoms with Gasteiger partial charge >= 0.3 is 0 Å². The Kier molecular flexibility index (Phi) is 8.67. The van der Waals surface area contributed by atoms with Gasteiger partial charge in [0.1, 0.15) is 11.1 Å². The molecule has 0 fully saturated rings. The first-order valence-electron chi connectivity index (χ1n) is 10.7. The summed E-state index contributed by atoms with van der Waals surface area (Å²) in [7, 11) is 0.338. The smallest absolute Gasteiger partial charge is 0.259 e. The lowest BCUT2D eigenvalue weighted by Gasteiger charge is -2.16. The molecular weight excluding hydrogens is 461 g/mol. The average Bonchev–Trinajstić information content (AvgIpc) is 2.80. The van der Waals surface area contributed by atoms with Crippen LogP contribution in [0.5, 0.6) is 0 Å². The van der Waals surface area contributed by atoms with E-state index in [1.54, 1.807) is 36.5 Å². The second-order valence-corrected chi connectivity index (χ2v) is 9.71. The van der Waals surface area contributed by atoms with E-state index in [2.05, 4.69) is 0 Å². The predicted molar refractivity (Wildman–Crippen MR) is 129 cm³/mol. The van der Waals surface area contributed by atoms with Crippen molar-refractivity contribution in [3.63, 3.8) is 0 Å². The first-order chi connectivity index (χ1) is 16.2. The molecule has 3 rings (SSSR count). The summed E-state index contributed by atoms with van der Waals surface area (Å²) in [6.45, 7) is 1.19. The molecule has 34 heavy (non-hydrogen) atoms. The molecule has 8 nitrogen and oxygen atoms in total. The molecular formula is C24H28FN3O5S. The minimum Gasteiger partial charge on any atom is -0.395 e. The number of aryl methyl sites for hydroxylation is 1. The molecule has 0 bridgehead atoms. The first-order valence-corrected chi connectivity index (χ1v) is 12.3. The maximum Gasteiger partial charge on any atom is 0.259 e. The summed E-state index contributed by atoms with van der Waals surface area (Å²) in [5.41, 5.74) is 3.08. The zero-order chi connectivity index (χ0) is 24.8. The van der Waals surface area contributed by atoms with E-state index in [9.17, 15) is 18.2 Å². The Morgan fingerprint density at radius 2 is 2.00 bits per heavy atom. The zero-order valence-corrected chi connectivity index (χ0v) is 19.8. The van der Waals surface area contributed by atoms with Crippen LogP contribution in [-0.2, 0) is 28.7 Å². The number of nitrogens with one attached hydrogen (secondary N) is 1. The minimum atomic E-state index is -1.51. The van der Waals surface area contributed by atoms with E-state index < -0.39 is 22.0 Å². The highest BCUT2D eigenvalue weighted by Gasteiger charge is 2.22. The van der Waals surface area contributed by atoms with E-state index >= 15 is 0 Å². The summed E-state index contributed by atoms with van der Waals surface area (Å²) >= 11 is 0. The molecule has 3 aromatic rings. The molecule has 2 aromatic carbocycles. The number of fused-ring (bicyclic) bond motifs is 1. The molecule has 0 spiro atoms. The van der Waals surface area contributed by atoms with Gasteiger partial charge in [-0.15, -0.1) is 0 Å². The molecule has 2 unspecified atom stereocenters. The van der Waals surface area contributed by atoms with Gasteiger partial charge in [-0.3, -0.25) is 23.9 Å². The number of hydrogen-bond donors (Lipinski definition) is 3. The fourth-order valence-corrected chi connectivity index (χ4v) is 4.65. The molecule has 2 atom stereocenters. The largest absolute Gasteiger partial charge is 0.395 e. The average molecular weight is 490 g/mol. The van der Waals surface area contributed by atoms with E-state index in [1.165, 1.54) is 22.4 Å². The van der Waals surface area contributed by atoms with E-state index in [0.29, 0.717) is 35.0 Å². The van der Waals surface area contributed by atoms with Crippen LogP contribution in [0.2, 0.25) is 0 Å². The molecule has 182 valence electrons. The Morgan fingerprint density at radius 1 is 1.24 bits per heavy atom. The van der Waals surface area contributed by atoms with Crippen LogP contribution in [0, 0.1) is 5.82 Å². The summed E-state index contributed by atoms with van der Waals surface area (Å²) < 4.78 is 28.0. The van der Waals surface area contributed by atoms with Crippen molar-refractivity contribution >= 4 is 27.5 Å². The summed E-state index contributed by atoms with van der Waals surface area (Å²) in [6.07, 6.45) is 3.06. The lowest BCUT2D eigenvalue weighted by atomic mass is 10.00. The highest BCUT2D eigenvalue weighted by molar-refractivity contribution is 7.85. The fraction of sp³-hybridized carbons (Fsp3) is 0.333. The molecule has 1 aromatic heterocycles. The third-order valence-electron chi connectivity index (χ3n) is 5.69. The zero-order valence-electron chi connectivity index (χ0n) is 19.0. The van der Waals surface area contributed by atoms with Gasteiger partial charge in [0.2, 0.25) is 0 Å². The topological polar surface area (TPSA) is 112 Å². The van der Waals surface area contributed by atoms with Gasteiger partial charge in [-0.25, -0.2) is 9.87 Å². The molecule has 0 aliphatic carbocycles. The molecule has 1 amide bonds. The predicted octanol–water partition coefficient (Wildman–Crippen LogP) is 1.87. The number of benzene rings is 2. The highest BCUT2D eigenvalue weighted by Crippen LogP contribution is 2.27. The van der Waals surface area contributed by atoms with Crippen molar-refractivity contribution in [1.29, 1.82) is 0 Å². The van der Waals surface area contributed by atoms with Crippen molar-refractivity contribution in [2.75, 3.05) is 26.5 Å². The molecule has 0 radical (unpaired) electrons. The van der Waals surface area contributed by atoms with Crippen LogP contribution < -0.4 is 11.0 Å². The Balaban J connectivity index is 1.84. The SMILES string of the molecule is CN(CCO)Cc1ccc(-c2ccc3c(=O)n(CCC(C(=O)NO)S(C)=O)ccc3c2)c(F)c1. The molecule has 0 aliphatic heterocycles. The molecule has 1 heterocycles. The third-order valence-corrected chi connectivity index (χ3v) is 6.94. The Bertz CT molecular complexity index is 1260. The van der Waals surface area contributed by atoms with E-state index in [1.807, 2.05) is 18.0 Å². The highest BCUT2D eigenvalue weighted by atomic mass is 32.2. The number of carbonyl (C=O) groups excluding carboxylic acids is 1. The van der Waals surface area contributed by atoms with E-state index in [-0.39, 0.29) is 30.9 Å². The number of pyridine rings is 1. The number of likely N-dealkylation sites (N-methyl/N-ethyl adjacent to an activating group) is 1. The number of rotatable bonds is 10. The van der Waals surface area contributed by atoms with Crippen LogP contribution in [0.4, 0.5) is 4.39 Å². The van der Waals surface area contributed by atoms with Gasteiger partial charge in [-0.1, -0.05) is 18.2 Å². The number of aliphatic hydroxyl groups excluding tert-OH is 1. The molecule has 0 saturated carbocycles. The first kappa shape index (κ1) is 25.7. The lowest BCUT2D eigenvalue weighted by molar-refractivity contribution is -0.128. The number of nitrogens with zero attached hydrogens (tertiary/aromatic N) is 2. The fourth-order valence-electron chi connectivity index (χ4n) is 3.86. The summed E-state index contributed by atoms with van der Waals surface area (Å²) in [5.74, 6) is -1.13. The van der Waals surface area contributed by atoms with E-state index in [4.69, 9.17) is 10.3 Å². The number of hydrogen-bond acceptors (Lipinski definition) is 6.